The zero-order chi connectivity index (χ0) is 15.1. The number of hydrogen-bond acceptors (Lipinski definition) is 4. The third-order valence-corrected chi connectivity index (χ3v) is 4.04. The number of halogens is 1. The second-order valence-electron chi connectivity index (χ2n) is 4.25. The molecule has 1 N–H and O–H groups in total. The van der Waals surface area contributed by atoms with Crippen LogP contribution < -0.4 is 14.8 Å². The minimum Gasteiger partial charge on any atom is -0.493 e. The monoisotopic (exact) mass is 325 g/mol. The van der Waals surface area contributed by atoms with Crippen molar-refractivity contribution in [3.8, 4) is 11.5 Å². The number of rotatable bonds is 7. The molecule has 1 aromatic carbocycles. The van der Waals surface area contributed by atoms with E-state index in [0.29, 0.717) is 18.0 Å². The molecule has 21 heavy (non-hydrogen) atoms. The molecule has 0 aliphatic carbocycles. The Morgan fingerprint density at radius 3 is 2.67 bits per heavy atom. The quantitative estimate of drug-likeness (QED) is 0.850. The molecule has 2 rings (SSSR count). The maximum atomic E-state index is 11.7. The van der Waals surface area contributed by atoms with Crippen molar-refractivity contribution in [2.24, 2.45) is 0 Å². The van der Waals surface area contributed by atoms with Gasteiger partial charge in [-0.1, -0.05) is 23.7 Å². The van der Waals surface area contributed by atoms with Crippen LogP contribution in [0.1, 0.15) is 4.88 Å². The summed E-state index contributed by atoms with van der Waals surface area (Å²) in [6.45, 7) is 0.524. The predicted octanol–water partition coefficient (Wildman–Crippen LogP) is 3.15. The van der Waals surface area contributed by atoms with E-state index in [1.165, 1.54) is 11.3 Å². The Kier molecular flexibility index (Phi) is 5.90. The van der Waals surface area contributed by atoms with E-state index in [4.69, 9.17) is 21.1 Å². The van der Waals surface area contributed by atoms with Gasteiger partial charge >= 0.3 is 0 Å². The van der Waals surface area contributed by atoms with Crippen LogP contribution in [0.3, 0.4) is 0 Å². The third-order valence-electron chi connectivity index (χ3n) is 2.75. The van der Waals surface area contributed by atoms with Crippen LogP contribution in [0.5, 0.6) is 11.5 Å². The molecular weight excluding hydrogens is 310 g/mol. The van der Waals surface area contributed by atoms with Crippen molar-refractivity contribution in [2.75, 3.05) is 20.3 Å². The number of methoxy groups -OCH3 is 1. The normalized spacial score (nSPS) is 10.2. The smallest absolute Gasteiger partial charge is 0.257 e. The van der Waals surface area contributed by atoms with Crippen molar-refractivity contribution in [1.29, 1.82) is 0 Å². The van der Waals surface area contributed by atoms with E-state index >= 15 is 0 Å². The van der Waals surface area contributed by atoms with E-state index in [0.717, 1.165) is 15.6 Å². The van der Waals surface area contributed by atoms with Crippen LogP contribution in [-0.2, 0) is 11.2 Å². The van der Waals surface area contributed by atoms with Crippen molar-refractivity contribution in [3.63, 3.8) is 0 Å². The van der Waals surface area contributed by atoms with Crippen molar-refractivity contribution >= 4 is 28.8 Å². The molecule has 1 heterocycles. The molecule has 0 atom stereocenters. The summed E-state index contributed by atoms with van der Waals surface area (Å²) >= 11 is 7.37. The first-order valence-electron chi connectivity index (χ1n) is 6.46. The highest BCUT2D eigenvalue weighted by Crippen LogP contribution is 2.25. The van der Waals surface area contributed by atoms with Crippen molar-refractivity contribution in [1.82, 2.24) is 5.32 Å². The zero-order valence-corrected chi connectivity index (χ0v) is 13.2. The summed E-state index contributed by atoms with van der Waals surface area (Å²) in [6.07, 6.45) is 0.762. The Hall–Kier alpha value is -1.72. The molecule has 0 saturated heterocycles. The molecule has 1 aromatic heterocycles. The lowest BCUT2D eigenvalue weighted by molar-refractivity contribution is -0.123. The molecule has 0 fully saturated rings. The summed E-state index contributed by atoms with van der Waals surface area (Å²) < 4.78 is 11.4. The molecule has 0 spiro atoms. The summed E-state index contributed by atoms with van der Waals surface area (Å²) in [5, 5.41) is 2.81. The Morgan fingerprint density at radius 1 is 1.24 bits per heavy atom. The number of amides is 1. The van der Waals surface area contributed by atoms with Crippen LogP contribution in [-0.4, -0.2) is 26.2 Å². The van der Waals surface area contributed by atoms with Gasteiger partial charge in [-0.2, -0.15) is 0 Å². The number of benzene rings is 1. The minimum atomic E-state index is -0.163. The van der Waals surface area contributed by atoms with E-state index in [-0.39, 0.29) is 12.5 Å². The number of hydrogen-bond donors (Lipinski definition) is 1. The Labute approximate surface area is 132 Å². The van der Waals surface area contributed by atoms with E-state index in [9.17, 15) is 4.79 Å². The molecule has 0 bridgehead atoms. The van der Waals surface area contributed by atoms with E-state index in [2.05, 4.69) is 5.32 Å². The second-order valence-corrected chi connectivity index (χ2v) is 6.04. The van der Waals surface area contributed by atoms with Gasteiger partial charge in [0, 0.05) is 11.4 Å². The number of carbonyl (C=O) groups is 1. The highest BCUT2D eigenvalue weighted by Gasteiger charge is 2.06. The molecule has 0 aliphatic heterocycles. The lowest BCUT2D eigenvalue weighted by Crippen LogP contribution is -2.30. The maximum Gasteiger partial charge on any atom is 0.257 e. The fourth-order valence-electron chi connectivity index (χ4n) is 1.74. The number of nitrogens with one attached hydrogen (secondary N) is 1. The number of para-hydroxylation sites is 2. The van der Waals surface area contributed by atoms with Crippen LogP contribution in [0.2, 0.25) is 4.34 Å². The Morgan fingerprint density at radius 2 is 2.00 bits per heavy atom. The van der Waals surface area contributed by atoms with Crippen LogP contribution >= 0.6 is 22.9 Å². The van der Waals surface area contributed by atoms with Crippen molar-refractivity contribution in [2.45, 2.75) is 6.42 Å². The van der Waals surface area contributed by atoms with Gasteiger partial charge in [-0.25, -0.2) is 0 Å². The number of thiophene rings is 1. The lowest BCUT2D eigenvalue weighted by atomic mass is 10.3. The van der Waals surface area contributed by atoms with Crippen LogP contribution in [0, 0.1) is 0 Å². The fourth-order valence-corrected chi connectivity index (χ4v) is 2.83. The largest absolute Gasteiger partial charge is 0.493 e. The molecule has 2 aromatic rings. The molecule has 4 nitrogen and oxygen atoms in total. The van der Waals surface area contributed by atoms with E-state index in [1.54, 1.807) is 19.2 Å². The first kappa shape index (κ1) is 15.7. The van der Waals surface area contributed by atoms with Crippen molar-refractivity contribution in [3.05, 3.63) is 45.6 Å². The molecule has 112 valence electrons. The highest BCUT2D eigenvalue weighted by molar-refractivity contribution is 7.16. The Bertz CT molecular complexity index is 600. The maximum absolute atomic E-state index is 11.7. The van der Waals surface area contributed by atoms with E-state index < -0.39 is 0 Å². The molecule has 0 radical (unpaired) electrons. The summed E-state index contributed by atoms with van der Waals surface area (Å²) in [5.41, 5.74) is 0. The van der Waals surface area contributed by atoms with Crippen LogP contribution in [0.4, 0.5) is 0 Å². The average Bonchev–Trinajstić information content (AvgIpc) is 2.91. The average molecular weight is 326 g/mol. The molecule has 0 aliphatic rings. The number of carbonyl (C=O) groups excluding carboxylic acids is 1. The lowest BCUT2D eigenvalue weighted by Gasteiger charge is -2.10. The minimum absolute atomic E-state index is 0.0361. The van der Waals surface area contributed by atoms with Crippen LogP contribution in [0.25, 0.3) is 0 Å². The molecular formula is C15H16ClNO3S. The molecule has 1 amide bonds. The molecule has 6 heteroatoms. The topological polar surface area (TPSA) is 47.6 Å². The van der Waals surface area contributed by atoms with Gasteiger partial charge in [0.15, 0.2) is 18.1 Å². The van der Waals surface area contributed by atoms with Gasteiger partial charge in [0.25, 0.3) is 5.91 Å². The summed E-state index contributed by atoms with van der Waals surface area (Å²) in [7, 11) is 1.56. The van der Waals surface area contributed by atoms with Gasteiger partial charge < -0.3 is 14.8 Å². The molecule has 0 saturated carbocycles. The van der Waals surface area contributed by atoms with Gasteiger partial charge in [-0.05, 0) is 30.7 Å². The summed E-state index contributed by atoms with van der Waals surface area (Å²) in [6, 6.07) is 11.0. The molecule has 0 unspecified atom stereocenters. The SMILES string of the molecule is COc1ccccc1OCC(=O)NCCc1ccc(Cl)s1. The Balaban J connectivity index is 1.72. The summed E-state index contributed by atoms with van der Waals surface area (Å²) in [5.74, 6) is 1.00. The number of ether oxygens (including phenoxy) is 2. The van der Waals surface area contributed by atoms with Gasteiger partial charge in [0.05, 0.1) is 11.4 Å². The highest BCUT2D eigenvalue weighted by atomic mass is 35.5. The second kappa shape index (κ2) is 7.90. The standard InChI is InChI=1S/C15H16ClNO3S/c1-19-12-4-2-3-5-13(12)20-10-15(18)17-9-8-11-6-7-14(16)21-11/h2-7H,8-10H2,1H3,(H,17,18). The zero-order valence-electron chi connectivity index (χ0n) is 11.6. The van der Waals surface area contributed by atoms with Crippen LogP contribution in [0.15, 0.2) is 36.4 Å². The van der Waals surface area contributed by atoms with Crippen molar-refractivity contribution < 1.29 is 14.3 Å². The third kappa shape index (κ3) is 4.95. The van der Waals surface area contributed by atoms with Gasteiger partial charge in [-0.15, -0.1) is 11.3 Å². The van der Waals surface area contributed by atoms with Gasteiger partial charge in [0.1, 0.15) is 0 Å². The first-order chi connectivity index (χ1) is 10.2. The van der Waals surface area contributed by atoms with Gasteiger partial charge in [0.2, 0.25) is 0 Å². The first-order valence-corrected chi connectivity index (χ1v) is 7.65. The van der Waals surface area contributed by atoms with Gasteiger partial charge in [-0.3, -0.25) is 4.79 Å². The summed E-state index contributed by atoms with van der Waals surface area (Å²) in [4.78, 5) is 12.9. The predicted molar refractivity (Wildman–Crippen MR) is 84.5 cm³/mol. The fraction of sp³-hybridized carbons (Fsp3) is 0.267. The van der Waals surface area contributed by atoms with E-state index in [1.807, 2.05) is 24.3 Å².